The van der Waals surface area contributed by atoms with Crippen LogP contribution in [0.5, 0.6) is 0 Å². The predicted octanol–water partition coefficient (Wildman–Crippen LogP) is 2.95. The molecule has 0 aliphatic heterocycles. The summed E-state index contributed by atoms with van der Waals surface area (Å²) in [5.41, 5.74) is 0.677. The molecule has 0 unspecified atom stereocenters. The van der Waals surface area contributed by atoms with Gasteiger partial charge in [-0.2, -0.15) is 0 Å². The van der Waals surface area contributed by atoms with Crippen molar-refractivity contribution in [3.8, 4) is 0 Å². The second-order valence-corrected chi connectivity index (χ2v) is 5.02. The lowest BCUT2D eigenvalue weighted by atomic mass is 10.1. The molecule has 1 aromatic carbocycles. The van der Waals surface area contributed by atoms with Crippen LogP contribution in [-0.4, -0.2) is 39.3 Å². The Hall–Kier alpha value is -0.410. The topological polar surface area (TPSA) is 45.6 Å². The van der Waals surface area contributed by atoms with Gasteiger partial charge in [0, 0.05) is 31.2 Å². The van der Waals surface area contributed by atoms with Crippen LogP contribution in [0, 0.1) is 5.82 Å². The number of guanidine groups is 1. The molecule has 0 aliphatic rings. The SMILES string of the molecule is CCOCCNC(=NC)NCCc1cc(Br)ccc1F.I. The summed E-state index contributed by atoms with van der Waals surface area (Å²) in [7, 11) is 1.70. The Labute approximate surface area is 151 Å². The number of nitrogens with zero attached hydrogens (tertiary/aromatic N) is 1. The van der Waals surface area contributed by atoms with Gasteiger partial charge in [0.25, 0.3) is 0 Å². The first-order valence-electron chi connectivity index (χ1n) is 6.63. The monoisotopic (exact) mass is 473 g/mol. The molecule has 4 nitrogen and oxygen atoms in total. The van der Waals surface area contributed by atoms with Gasteiger partial charge >= 0.3 is 0 Å². The molecule has 1 rings (SSSR count). The fourth-order valence-electron chi connectivity index (χ4n) is 1.66. The first-order chi connectivity index (χ1) is 9.67. The second kappa shape index (κ2) is 12.2. The number of hydrogen-bond donors (Lipinski definition) is 2. The zero-order valence-corrected chi connectivity index (χ0v) is 16.2. The van der Waals surface area contributed by atoms with Crippen LogP contribution >= 0.6 is 39.9 Å². The molecule has 0 bridgehead atoms. The Bertz CT molecular complexity index is 446. The minimum Gasteiger partial charge on any atom is -0.380 e. The molecule has 0 amide bonds. The van der Waals surface area contributed by atoms with Crippen molar-refractivity contribution in [3.63, 3.8) is 0 Å². The Kier molecular flexibility index (Phi) is 11.9. The lowest BCUT2D eigenvalue weighted by Gasteiger charge is -2.12. The summed E-state index contributed by atoms with van der Waals surface area (Å²) < 4.78 is 19.7. The first kappa shape index (κ1) is 20.6. The van der Waals surface area contributed by atoms with Gasteiger partial charge in [-0.25, -0.2) is 4.39 Å². The van der Waals surface area contributed by atoms with E-state index in [4.69, 9.17) is 4.74 Å². The largest absolute Gasteiger partial charge is 0.380 e. The van der Waals surface area contributed by atoms with E-state index in [1.165, 1.54) is 6.07 Å². The molecule has 120 valence electrons. The van der Waals surface area contributed by atoms with Crippen molar-refractivity contribution in [2.75, 3.05) is 33.4 Å². The number of ether oxygens (including phenoxy) is 1. The maximum absolute atomic E-state index is 13.6. The van der Waals surface area contributed by atoms with Gasteiger partial charge in [0.1, 0.15) is 5.82 Å². The van der Waals surface area contributed by atoms with Gasteiger partial charge in [0.15, 0.2) is 5.96 Å². The van der Waals surface area contributed by atoms with Crippen LogP contribution in [0.25, 0.3) is 0 Å². The number of nitrogens with one attached hydrogen (secondary N) is 2. The highest BCUT2D eigenvalue weighted by atomic mass is 127. The summed E-state index contributed by atoms with van der Waals surface area (Å²) in [5, 5.41) is 6.27. The Morgan fingerprint density at radius 3 is 2.71 bits per heavy atom. The quantitative estimate of drug-likeness (QED) is 0.277. The van der Waals surface area contributed by atoms with Gasteiger partial charge in [0.2, 0.25) is 0 Å². The fourth-order valence-corrected chi connectivity index (χ4v) is 2.07. The van der Waals surface area contributed by atoms with Crippen LogP contribution in [-0.2, 0) is 11.2 Å². The first-order valence-corrected chi connectivity index (χ1v) is 7.42. The van der Waals surface area contributed by atoms with E-state index in [9.17, 15) is 4.39 Å². The van der Waals surface area contributed by atoms with Crippen LogP contribution in [0.4, 0.5) is 4.39 Å². The summed E-state index contributed by atoms with van der Waals surface area (Å²) >= 11 is 3.34. The molecular formula is C14H22BrFIN3O. The average molecular weight is 474 g/mol. The van der Waals surface area contributed by atoms with Crippen molar-refractivity contribution in [1.82, 2.24) is 10.6 Å². The molecule has 0 saturated heterocycles. The molecule has 21 heavy (non-hydrogen) atoms. The highest BCUT2D eigenvalue weighted by Crippen LogP contribution is 2.15. The molecule has 0 spiro atoms. The number of benzene rings is 1. The minimum absolute atomic E-state index is 0. The predicted molar refractivity (Wildman–Crippen MR) is 99.1 cm³/mol. The molecule has 0 aliphatic carbocycles. The molecular weight excluding hydrogens is 452 g/mol. The molecule has 0 atom stereocenters. The third kappa shape index (κ3) is 8.57. The number of rotatable bonds is 7. The molecule has 7 heteroatoms. The van der Waals surface area contributed by atoms with E-state index in [2.05, 4.69) is 31.6 Å². The normalized spacial score (nSPS) is 11.0. The van der Waals surface area contributed by atoms with Crippen molar-refractivity contribution in [3.05, 3.63) is 34.1 Å². The van der Waals surface area contributed by atoms with Crippen LogP contribution in [0.1, 0.15) is 12.5 Å². The number of halogens is 3. The van der Waals surface area contributed by atoms with Gasteiger partial charge in [-0.1, -0.05) is 15.9 Å². The molecule has 2 N–H and O–H groups in total. The maximum atomic E-state index is 13.6. The van der Waals surface area contributed by atoms with Crippen molar-refractivity contribution in [2.24, 2.45) is 4.99 Å². The van der Waals surface area contributed by atoms with E-state index in [0.717, 1.165) is 4.47 Å². The lowest BCUT2D eigenvalue weighted by molar-refractivity contribution is 0.152. The van der Waals surface area contributed by atoms with E-state index >= 15 is 0 Å². The van der Waals surface area contributed by atoms with E-state index in [1.807, 2.05) is 6.92 Å². The van der Waals surface area contributed by atoms with E-state index in [0.29, 0.717) is 44.2 Å². The zero-order valence-electron chi connectivity index (χ0n) is 12.3. The van der Waals surface area contributed by atoms with Crippen molar-refractivity contribution < 1.29 is 9.13 Å². The maximum Gasteiger partial charge on any atom is 0.191 e. The fraction of sp³-hybridized carbons (Fsp3) is 0.500. The zero-order chi connectivity index (χ0) is 14.8. The summed E-state index contributed by atoms with van der Waals surface area (Å²) in [6.07, 6.45) is 0.595. The average Bonchev–Trinajstić information content (AvgIpc) is 2.45. The smallest absolute Gasteiger partial charge is 0.191 e. The van der Waals surface area contributed by atoms with E-state index in [-0.39, 0.29) is 29.8 Å². The van der Waals surface area contributed by atoms with E-state index in [1.54, 1.807) is 19.2 Å². The summed E-state index contributed by atoms with van der Waals surface area (Å²) in [5.74, 6) is 0.509. The van der Waals surface area contributed by atoms with Crippen LogP contribution in [0.2, 0.25) is 0 Å². The highest BCUT2D eigenvalue weighted by Gasteiger charge is 2.03. The standard InChI is InChI=1S/C14H21BrFN3O.HI/c1-3-20-9-8-19-14(17-2)18-7-6-11-10-12(15)4-5-13(11)16;/h4-5,10H,3,6-9H2,1-2H3,(H2,17,18,19);1H. The molecule has 0 fully saturated rings. The third-order valence-corrected chi connectivity index (χ3v) is 3.15. The molecule has 1 aromatic rings. The van der Waals surface area contributed by atoms with Crippen LogP contribution in [0.15, 0.2) is 27.7 Å². The third-order valence-electron chi connectivity index (χ3n) is 2.66. The summed E-state index contributed by atoms with van der Waals surface area (Å²) in [6, 6.07) is 4.96. The summed E-state index contributed by atoms with van der Waals surface area (Å²) in [6.45, 7) is 4.60. The van der Waals surface area contributed by atoms with Crippen LogP contribution in [0.3, 0.4) is 0 Å². The Morgan fingerprint density at radius 1 is 1.33 bits per heavy atom. The number of hydrogen-bond acceptors (Lipinski definition) is 2. The van der Waals surface area contributed by atoms with Gasteiger partial charge in [-0.3, -0.25) is 4.99 Å². The Morgan fingerprint density at radius 2 is 2.05 bits per heavy atom. The van der Waals surface area contributed by atoms with Crippen molar-refractivity contribution >= 4 is 45.9 Å². The number of aliphatic imine (C=N–C) groups is 1. The molecule has 0 saturated carbocycles. The highest BCUT2D eigenvalue weighted by molar-refractivity contribution is 14.0. The van der Waals surface area contributed by atoms with E-state index < -0.39 is 0 Å². The molecule has 0 heterocycles. The lowest BCUT2D eigenvalue weighted by Crippen LogP contribution is -2.39. The second-order valence-electron chi connectivity index (χ2n) is 4.11. The molecule has 0 aromatic heterocycles. The van der Waals surface area contributed by atoms with Crippen LogP contribution < -0.4 is 10.6 Å². The summed E-state index contributed by atoms with van der Waals surface area (Å²) in [4.78, 5) is 4.09. The Balaban J connectivity index is 0.00000400. The van der Waals surface area contributed by atoms with Gasteiger partial charge in [-0.05, 0) is 37.1 Å². The van der Waals surface area contributed by atoms with Gasteiger partial charge in [0.05, 0.1) is 6.61 Å². The van der Waals surface area contributed by atoms with Gasteiger partial charge in [-0.15, -0.1) is 24.0 Å². The minimum atomic E-state index is -0.186. The molecule has 0 radical (unpaired) electrons. The van der Waals surface area contributed by atoms with Crippen molar-refractivity contribution in [1.29, 1.82) is 0 Å². The van der Waals surface area contributed by atoms with Gasteiger partial charge < -0.3 is 15.4 Å². The van der Waals surface area contributed by atoms with Crippen molar-refractivity contribution in [2.45, 2.75) is 13.3 Å².